The summed E-state index contributed by atoms with van der Waals surface area (Å²) in [6.45, 7) is 1.66. The van der Waals surface area contributed by atoms with E-state index in [9.17, 15) is 35.9 Å². The van der Waals surface area contributed by atoms with E-state index in [0.29, 0.717) is 18.6 Å². The number of halogens is 6. The Morgan fingerprint density at radius 3 is 2.05 bits per heavy atom. The van der Waals surface area contributed by atoms with Crippen molar-refractivity contribution in [3.05, 3.63) is 70.8 Å². The highest BCUT2D eigenvalue weighted by molar-refractivity contribution is 6.01. The molecule has 37 heavy (non-hydrogen) atoms. The summed E-state index contributed by atoms with van der Waals surface area (Å²) in [6, 6.07) is 10.3. The number of amides is 2. The summed E-state index contributed by atoms with van der Waals surface area (Å²) in [7, 11) is 0. The van der Waals surface area contributed by atoms with E-state index in [1.165, 1.54) is 11.8 Å². The lowest BCUT2D eigenvalue weighted by molar-refractivity contribution is -0.210. The van der Waals surface area contributed by atoms with Crippen molar-refractivity contribution in [2.45, 2.75) is 56.9 Å². The van der Waals surface area contributed by atoms with Gasteiger partial charge in [-0.2, -0.15) is 26.3 Å². The second-order valence-corrected chi connectivity index (χ2v) is 9.24. The number of hydrogen-bond acceptors (Lipinski definition) is 4. The number of imide groups is 1. The highest BCUT2D eigenvalue weighted by Gasteiger charge is 2.42. The zero-order valence-electron chi connectivity index (χ0n) is 19.8. The fourth-order valence-corrected chi connectivity index (χ4v) is 4.83. The average molecular weight is 529 g/mol. The molecule has 2 aliphatic rings. The molecule has 0 spiro atoms. The molecule has 2 saturated heterocycles. The zero-order chi connectivity index (χ0) is 27.0. The molecule has 0 unspecified atom stereocenters. The summed E-state index contributed by atoms with van der Waals surface area (Å²) >= 11 is 0. The molecule has 2 heterocycles. The first-order valence-electron chi connectivity index (χ1n) is 11.8. The van der Waals surface area contributed by atoms with E-state index in [-0.39, 0.29) is 55.4 Å². The Morgan fingerprint density at radius 1 is 0.946 bits per heavy atom. The van der Waals surface area contributed by atoms with Crippen LogP contribution in [-0.2, 0) is 31.4 Å². The first kappa shape index (κ1) is 27.1. The van der Waals surface area contributed by atoms with E-state index in [1.54, 1.807) is 30.3 Å². The van der Waals surface area contributed by atoms with Gasteiger partial charge in [0.1, 0.15) is 0 Å². The fourth-order valence-electron chi connectivity index (χ4n) is 4.83. The molecular formula is C26H25F6NO4. The smallest absolute Gasteiger partial charge is 0.352 e. The zero-order valence-corrected chi connectivity index (χ0v) is 19.8. The Balaban J connectivity index is 1.64. The van der Waals surface area contributed by atoms with Crippen LogP contribution in [0.25, 0.3) is 0 Å². The van der Waals surface area contributed by atoms with Crippen molar-refractivity contribution in [1.29, 1.82) is 0 Å². The maximum absolute atomic E-state index is 13.4. The lowest BCUT2D eigenvalue weighted by Crippen LogP contribution is -2.44. The molecule has 0 radical (unpaired) electrons. The summed E-state index contributed by atoms with van der Waals surface area (Å²) in [5.41, 5.74) is -2.41. The summed E-state index contributed by atoms with van der Waals surface area (Å²) in [5, 5.41) is 0. The number of carbonyl (C=O) groups is 2. The minimum absolute atomic E-state index is 0.0696. The number of likely N-dealkylation sites (tertiary alicyclic amines) is 1. The van der Waals surface area contributed by atoms with Gasteiger partial charge in [-0.15, -0.1) is 0 Å². The van der Waals surface area contributed by atoms with Crippen molar-refractivity contribution in [2.24, 2.45) is 5.92 Å². The lowest BCUT2D eigenvalue weighted by Gasteiger charge is -2.40. The molecule has 0 saturated carbocycles. The van der Waals surface area contributed by atoms with Crippen LogP contribution in [0, 0.1) is 5.92 Å². The van der Waals surface area contributed by atoms with Crippen LogP contribution in [0.15, 0.2) is 48.5 Å². The first-order valence-corrected chi connectivity index (χ1v) is 11.8. The number of benzene rings is 2. The maximum Gasteiger partial charge on any atom is 0.416 e. The van der Waals surface area contributed by atoms with E-state index >= 15 is 0 Å². The summed E-state index contributed by atoms with van der Waals surface area (Å²) < 4.78 is 92.0. The molecule has 2 fully saturated rings. The summed E-state index contributed by atoms with van der Waals surface area (Å²) in [5.74, 6) is -1.37. The molecule has 11 heteroatoms. The van der Waals surface area contributed by atoms with Gasteiger partial charge < -0.3 is 9.47 Å². The molecule has 5 nitrogen and oxygen atoms in total. The molecule has 2 aliphatic heterocycles. The third kappa shape index (κ3) is 6.15. The highest BCUT2D eigenvalue weighted by Crippen LogP contribution is 2.42. The third-order valence-electron chi connectivity index (χ3n) is 6.75. The highest BCUT2D eigenvalue weighted by atomic mass is 19.4. The largest absolute Gasteiger partial charge is 0.416 e. The number of hydrogen-bond donors (Lipinski definition) is 0. The molecule has 0 bridgehead atoms. The second-order valence-electron chi connectivity index (χ2n) is 9.24. The van der Waals surface area contributed by atoms with Crippen LogP contribution in [0.4, 0.5) is 26.3 Å². The van der Waals surface area contributed by atoms with Gasteiger partial charge in [-0.25, -0.2) is 0 Å². The Labute approximate surface area is 209 Å². The molecule has 2 amide bonds. The van der Waals surface area contributed by atoms with Crippen molar-refractivity contribution in [3.8, 4) is 0 Å². The van der Waals surface area contributed by atoms with Crippen molar-refractivity contribution in [1.82, 2.24) is 4.90 Å². The van der Waals surface area contributed by atoms with E-state index in [2.05, 4.69) is 0 Å². The fraction of sp³-hybridized carbons (Fsp3) is 0.462. The Morgan fingerprint density at radius 2 is 1.51 bits per heavy atom. The first-order chi connectivity index (χ1) is 17.3. The van der Waals surface area contributed by atoms with Crippen molar-refractivity contribution < 1.29 is 45.4 Å². The predicted molar refractivity (Wildman–Crippen MR) is 119 cm³/mol. The van der Waals surface area contributed by atoms with Gasteiger partial charge >= 0.3 is 12.4 Å². The Kier molecular flexibility index (Phi) is 7.66. The summed E-state index contributed by atoms with van der Waals surface area (Å²) in [4.78, 5) is 25.7. The number of alkyl halides is 6. The Bertz CT molecular complexity index is 1090. The van der Waals surface area contributed by atoms with Gasteiger partial charge in [-0.05, 0) is 48.6 Å². The van der Waals surface area contributed by atoms with Gasteiger partial charge in [0.15, 0.2) is 6.29 Å². The molecule has 0 N–H and O–H groups in total. The molecule has 0 aliphatic carbocycles. The van der Waals surface area contributed by atoms with Crippen LogP contribution >= 0.6 is 0 Å². The van der Waals surface area contributed by atoms with Crippen molar-refractivity contribution >= 4 is 11.8 Å². The van der Waals surface area contributed by atoms with E-state index in [1.807, 2.05) is 0 Å². The number of carbonyl (C=O) groups excluding carboxylic acids is 2. The predicted octanol–water partition coefficient (Wildman–Crippen LogP) is 6.10. The lowest BCUT2D eigenvalue weighted by atomic mass is 9.81. The average Bonchev–Trinajstić information content (AvgIpc) is 3.15. The molecule has 4 rings (SSSR count). The van der Waals surface area contributed by atoms with Crippen LogP contribution in [0.1, 0.15) is 60.5 Å². The van der Waals surface area contributed by atoms with E-state index < -0.39 is 41.8 Å². The number of rotatable bonds is 6. The third-order valence-corrected chi connectivity index (χ3v) is 6.75. The van der Waals surface area contributed by atoms with Gasteiger partial charge in [0, 0.05) is 25.3 Å². The molecule has 2 aromatic rings. The van der Waals surface area contributed by atoms with Crippen LogP contribution < -0.4 is 0 Å². The second kappa shape index (κ2) is 10.4. The van der Waals surface area contributed by atoms with Gasteiger partial charge in [0.05, 0.1) is 23.8 Å². The van der Waals surface area contributed by atoms with Crippen LogP contribution in [0.5, 0.6) is 0 Å². The molecule has 4 atom stereocenters. The van der Waals surface area contributed by atoms with Gasteiger partial charge in [-0.3, -0.25) is 14.5 Å². The summed E-state index contributed by atoms with van der Waals surface area (Å²) in [6.07, 6.45) is -11.4. The minimum Gasteiger partial charge on any atom is -0.352 e. The standard InChI is InChI=1S/C26H25F6NO4/c1-15(18-11-19(25(27,28)29)13-20(12-18)26(30,31)32)37-24-23(16-5-3-2-4-6-16)17(9-10-36-24)14-33-21(34)7-8-22(33)35/h2-6,11-13,15,17,23-24H,7-10,14H2,1H3/t15-,17+,23+,24-/m1/s1. The van der Waals surface area contributed by atoms with Crippen LogP contribution in [0.2, 0.25) is 0 Å². The number of nitrogens with zero attached hydrogens (tertiary/aromatic N) is 1. The number of ether oxygens (including phenoxy) is 2. The van der Waals surface area contributed by atoms with Crippen molar-refractivity contribution in [2.75, 3.05) is 13.2 Å². The van der Waals surface area contributed by atoms with Crippen LogP contribution in [-0.4, -0.2) is 36.2 Å². The topological polar surface area (TPSA) is 55.8 Å². The van der Waals surface area contributed by atoms with Crippen molar-refractivity contribution in [3.63, 3.8) is 0 Å². The molecule has 2 aromatic carbocycles. The monoisotopic (exact) mass is 529 g/mol. The maximum atomic E-state index is 13.4. The quantitative estimate of drug-likeness (QED) is 0.335. The molecule has 0 aromatic heterocycles. The van der Waals surface area contributed by atoms with Gasteiger partial charge in [0.25, 0.3) is 0 Å². The van der Waals surface area contributed by atoms with E-state index in [4.69, 9.17) is 9.47 Å². The van der Waals surface area contributed by atoms with Gasteiger partial charge in [-0.1, -0.05) is 30.3 Å². The molecular weight excluding hydrogens is 504 g/mol. The van der Waals surface area contributed by atoms with Gasteiger partial charge in [0.2, 0.25) is 11.8 Å². The van der Waals surface area contributed by atoms with Crippen LogP contribution in [0.3, 0.4) is 0 Å². The Hall–Kier alpha value is -2.92. The normalized spacial score (nSPS) is 24.0. The van der Waals surface area contributed by atoms with E-state index in [0.717, 1.165) is 5.56 Å². The SMILES string of the molecule is C[C@@H](O[C@H]1OCC[C@@H](CN2C(=O)CCC2=O)[C@@H]1c1ccccc1)c1cc(C(F)(F)F)cc(C(F)(F)F)c1. The minimum atomic E-state index is -4.98. The molecule has 200 valence electrons.